The number of halogens is 2. The lowest BCUT2D eigenvalue weighted by Gasteiger charge is -2.19. The second-order valence-electron chi connectivity index (χ2n) is 8.59. The SMILES string of the molecule is COC(=O)C(Cc1cc(F)c(Oc2ccc(/C=C3\SC(=O)NC3=O)cc2)c(F)c1)NC(=O)C(N)Cc1cnc[nH]1. The Balaban J connectivity index is 1.43. The molecule has 1 fully saturated rings. The average molecular weight is 572 g/mol. The van der Waals surface area contributed by atoms with Crippen LogP contribution in [0.15, 0.2) is 53.8 Å². The Hall–Kier alpha value is -4.56. The number of aromatic nitrogens is 2. The number of nitrogens with two attached hydrogens (primary N) is 1. The van der Waals surface area contributed by atoms with E-state index in [2.05, 4.69) is 20.6 Å². The molecular formula is C26H23F2N5O6S. The van der Waals surface area contributed by atoms with Crippen LogP contribution in [0.25, 0.3) is 6.08 Å². The van der Waals surface area contributed by atoms with Crippen LogP contribution in [0.4, 0.5) is 13.6 Å². The Morgan fingerprint density at radius 2 is 1.85 bits per heavy atom. The van der Waals surface area contributed by atoms with Crippen molar-refractivity contribution in [1.82, 2.24) is 20.6 Å². The number of aromatic amines is 1. The van der Waals surface area contributed by atoms with Gasteiger partial charge >= 0.3 is 5.97 Å². The first kappa shape index (κ1) is 28.4. The van der Waals surface area contributed by atoms with Crippen LogP contribution >= 0.6 is 11.8 Å². The van der Waals surface area contributed by atoms with Crippen molar-refractivity contribution in [2.45, 2.75) is 24.9 Å². The predicted molar refractivity (Wildman–Crippen MR) is 140 cm³/mol. The maximum absolute atomic E-state index is 14.9. The standard InChI is InChI=1S/C26H23F2N5O6S/c1-38-25(36)20(32-23(34)19(29)10-15-11-30-12-31-15)8-14-6-17(27)22(18(28)7-14)39-16-4-2-13(3-5-16)9-21-24(35)33-26(37)40-21/h2-7,9,11-12,19-20H,8,10,29H2,1H3,(H,30,31)(H,32,34)(H,33,35,37)/b21-9-. The van der Waals surface area contributed by atoms with Crippen molar-refractivity contribution in [1.29, 1.82) is 0 Å². The summed E-state index contributed by atoms with van der Waals surface area (Å²) in [5.74, 6) is -4.63. The number of carbonyl (C=O) groups excluding carboxylic acids is 4. The van der Waals surface area contributed by atoms with Crippen LogP contribution in [0, 0.1) is 11.6 Å². The largest absolute Gasteiger partial charge is 0.467 e. The zero-order chi connectivity index (χ0) is 28.8. The molecule has 1 saturated heterocycles. The van der Waals surface area contributed by atoms with Crippen molar-refractivity contribution in [3.63, 3.8) is 0 Å². The highest BCUT2D eigenvalue weighted by molar-refractivity contribution is 8.18. The lowest BCUT2D eigenvalue weighted by Crippen LogP contribution is -2.50. The Morgan fingerprint density at radius 3 is 2.42 bits per heavy atom. The number of nitrogens with zero attached hydrogens (tertiary/aromatic N) is 1. The monoisotopic (exact) mass is 571 g/mol. The lowest BCUT2D eigenvalue weighted by atomic mass is 10.0. The summed E-state index contributed by atoms with van der Waals surface area (Å²) < 4.78 is 39.9. The van der Waals surface area contributed by atoms with Crippen LogP contribution in [-0.2, 0) is 32.0 Å². The number of H-pyrrole nitrogens is 1. The molecule has 2 heterocycles. The summed E-state index contributed by atoms with van der Waals surface area (Å²) in [5, 5.41) is 4.13. The third kappa shape index (κ3) is 7.09. The number of rotatable bonds is 10. The molecule has 0 aliphatic carbocycles. The van der Waals surface area contributed by atoms with Crippen LogP contribution in [-0.4, -0.2) is 52.2 Å². The number of methoxy groups -OCH3 is 1. The molecule has 4 rings (SSSR count). The maximum atomic E-state index is 14.9. The van der Waals surface area contributed by atoms with Gasteiger partial charge in [0.2, 0.25) is 5.91 Å². The van der Waals surface area contributed by atoms with Crippen molar-refractivity contribution < 1.29 is 37.4 Å². The first-order chi connectivity index (χ1) is 19.1. The van der Waals surface area contributed by atoms with Crippen molar-refractivity contribution in [2.24, 2.45) is 5.73 Å². The third-order valence-corrected chi connectivity index (χ3v) is 6.48. The minimum absolute atomic E-state index is 0.0593. The molecule has 1 aliphatic rings. The van der Waals surface area contributed by atoms with Gasteiger partial charge in [-0.15, -0.1) is 0 Å². The van der Waals surface area contributed by atoms with E-state index in [4.69, 9.17) is 15.2 Å². The Morgan fingerprint density at radius 1 is 1.15 bits per heavy atom. The van der Waals surface area contributed by atoms with E-state index in [-0.39, 0.29) is 29.1 Å². The number of carbonyl (C=O) groups is 4. The van der Waals surface area contributed by atoms with Gasteiger partial charge < -0.3 is 25.5 Å². The second-order valence-corrected chi connectivity index (χ2v) is 9.60. The van der Waals surface area contributed by atoms with Gasteiger partial charge in [-0.3, -0.25) is 19.7 Å². The van der Waals surface area contributed by atoms with Crippen molar-refractivity contribution in [3.05, 3.63) is 82.3 Å². The Kier molecular flexibility index (Phi) is 8.91. The van der Waals surface area contributed by atoms with Crippen molar-refractivity contribution in [2.75, 3.05) is 7.11 Å². The second kappa shape index (κ2) is 12.5. The Bertz CT molecular complexity index is 1440. The van der Waals surface area contributed by atoms with Gasteiger partial charge in [-0.25, -0.2) is 18.6 Å². The molecule has 2 aromatic carbocycles. The Labute approximate surface area is 230 Å². The fourth-order valence-corrected chi connectivity index (χ4v) is 4.41. The maximum Gasteiger partial charge on any atom is 0.328 e. The highest BCUT2D eigenvalue weighted by Gasteiger charge is 2.27. The molecule has 0 spiro atoms. The normalized spacial score (nSPS) is 15.4. The van der Waals surface area contributed by atoms with Crippen LogP contribution in [0.5, 0.6) is 11.5 Å². The molecule has 1 aliphatic heterocycles. The van der Waals surface area contributed by atoms with Crippen LogP contribution in [0.3, 0.4) is 0 Å². The molecular weight excluding hydrogens is 548 g/mol. The predicted octanol–water partition coefficient (Wildman–Crippen LogP) is 2.57. The minimum atomic E-state index is -1.26. The number of imide groups is 1. The number of esters is 1. The molecule has 5 N–H and O–H groups in total. The first-order valence-electron chi connectivity index (χ1n) is 11.7. The summed E-state index contributed by atoms with van der Waals surface area (Å²) in [6, 6.07) is 5.66. The molecule has 14 heteroatoms. The lowest BCUT2D eigenvalue weighted by molar-refractivity contribution is -0.145. The molecule has 40 heavy (non-hydrogen) atoms. The number of amides is 3. The van der Waals surface area contributed by atoms with E-state index in [1.54, 1.807) is 12.1 Å². The number of hydrogen-bond donors (Lipinski definition) is 4. The molecule has 2 atom stereocenters. The van der Waals surface area contributed by atoms with Gasteiger partial charge in [-0.05, 0) is 53.2 Å². The summed E-state index contributed by atoms with van der Waals surface area (Å²) >= 11 is 0.762. The molecule has 2 unspecified atom stereocenters. The summed E-state index contributed by atoms with van der Waals surface area (Å²) in [4.78, 5) is 54.7. The van der Waals surface area contributed by atoms with Gasteiger partial charge in [0.15, 0.2) is 17.4 Å². The topological polar surface area (TPSA) is 165 Å². The highest BCUT2D eigenvalue weighted by Crippen LogP contribution is 2.30. The fourth-order valence-electron chi connectivity index (χ4n) is 3.73. The van der Waals surface area contributed by atoms with E-state index in [1.807, 2.05) is 0 Å². The van der Waals surface area contributed by atoms with Crippen LogP contribution in [0.1, 0.15) is 16.8 Å². The van der Waals surface area contributed by atoms with Crippen LogP contribution in [0.2, 0.25) is 0 Å². The van der Waals surface area contributed by atoms with E-state index in [0.717, 1.165) is 31.0 Å². The summed E-state index contributed by atoms with van der Waals surface area (Å²) in [5.41, 5.74) is 7.15. The van der Waals surface area contributed by atoms with E-state index in [0.29, 0.717) is 11.3 Å². The van der Waals surface area contributed by atoms with Gasteiger partial charge in [0.1, 0.15) is 11.8 Å². The molecule has 3 amide bonds. The first-order valence-corrected chi connectivity index (χ1v) is 12.6. The zero-order valence-electron chi connectivity index (χ0n) is 20.9. The number of hydrogen-bond acceptors (Lipinski definition) is 9. The van der Waals surface area contributed by atoms with E-state index >= 15 is 0 Å². The smallest absolute Gasteiger partial charge is 0.328 e. The molecule has 0 radical (unpaired) electrons. The quantitative estimate of drug-likeness (QED) is 0.211. The number of nitrogens with one attached hydrogen (secondary N) is 3. The van der Waals surface area contributed by atoms with Gasteiger partial charge in [0, 0.05) is 24.7 Å². The molecule has 0 saturated carbocycles. The van der Waals surface area contributed by atoms with E-state index < -0.39 is 52.5 Å². The van der Waals surface area contributed by atoms with Gasteiger partial charge in [0.25, 0.3) is 11.1 Å². The fraction of sp³-hybridized carbons (Fsp3) is 0.192. The van der Waals surface area contributed by atoms with E-state index in [1.165, 1.54) is 30.7 Å². The number of imidazole rings is 1. The molecule has 11 nitrogen and oxygen atoms in total. The number of benzene rings is 2. The zero-order valence-corrected chi connectivity index (χ0v) is 21.7. The van der Waals surface area contributed by atoms with Gasteiger partial charge in [-0.2, -0.15) is 0 Å². The van der Waals surface area contributed by atoms with Crippen molar-refractivity contribution in [3.8, 4) is 11.5 Å². The average Bonchev–Trinajstić information content (AvgIpc) is 3.54. The molecule has 208 valence electrons. The molecule has 3 aromatic rings. The van der Waals surface area contributed by atoms with Gasteiger partial charge in [0.05, 0.1) is 24.4 Å². The minimum Gasteiger partial charge on any atom is -0.467 e. The summed E-state index contributed by atoms with van der Waals surface area (Å²) in [7, 11) is 1.12. The van der Waals surface area contributed by atoms with Gasteiger partial charge in [-0.1, -0.05) is 12.1 Å². The summed E-state index contributed by atoms with van der Waals surface area (Å²) in [6.45, 7) is 0. The van der Waals surface area contributed by atoms with Crippen LogP contribution < -0.4 is 21.1 Å². The van der Waals surface area contributed by atoms with E-state index in [9.17, 15) is 28.0 Å². The highest BCUT2D eigenvalue weighted by atomic mass is 32.2. The third-order valence-electron chi connectivity index (χ3n) is 5.67. The van der Waals surface area contributed by atoms with Crippen molar-refractivity contribution >= 4 is 40.9 Å². The number of ether oxygens (including phenoxy) is 2. The molecule has 0 bridgehead atoms. The number of thioether (sulfide) groups is 1. The summed E-state index contributed by atoms with van der Waals surface area (Å²) in [6.07, 6.45) is 4.28. The molecule has 1 aromatic heterocycles.